The molecule has 5 heteroatoms. The lowest BCUT2D eigenvalue weighted by Gasteiger charge is -2.06. The van der Waals surface area contributed by atoms with Crippen molar-refractivity contribution in [1.82, 2.24) is 0 Å². The third-order valence-corrected chi connectivity index (χ3v) is 1.97. The molecule has 0 aliphatic rings. The monoisotopic (exact) mass is 224 g/mol. The largest absolute Gasteiger partial charge is 0.495 e. The van der Waals surface area contributed by atoms with E-state index in [2.05, 4.69) is 0 Å². The molecule has 0 spiro atoms. The third-order valence-electron chi connectivity index (χ3n) is 1.97. The summed E-state index contributed by atoms with van der Waals surface area (Å²) in [5.41, 5.74) is 11.0. The molecule has 0 saturated heterocycles. The van der Waals surface area contributed by atoms with Crippen molar-refractivity contribution in [3.63, 3.8) is 0 Å². The van der Waals surface area contributed by atoms with E-state index in [1.165, 1.54) is 31.4 Å². The van der Waals surface area contributed by atoms with Gasteiger partial charge in [-0.15, -0.1) is 0 Å². The van der Waals surface area contributed by atoms with Gasteiger partial charge >= 0.3 is 0 Å². The number of hydrogen-bond acceptors (Lipinski definition) is 3. The highest BCUT2D eigenvalue weighted by molar-refractivity contribution is 5.76. The van der Waals surface area contributed by atoms with Crippen molar-refractivity contribution in [1.29, 1.82) is 0 Å². The van der Waals surface area contributed by atoms with E-state index < -0.39 is 11.7 Å². The molecule has 86 valence electrons. The maximum atomic E-state index is 13.4. The van der Waals surface area contributed by atoms with Crippen molar-refractivity contribution in [2.75, 3.05) is 12.8 Å². The van der Waals surface area contributed by atoms with Gasteiger partial charge in [0.1, 0.15) is 11.6 Å². The first-order valence-electron chi connectivity index (χ1n) is 4.62. The zero-order valence-electron chi connectivity index (χ0n) is 8.87. The van der Waals surface area contributed by atoms with Gasteiger partial charge in [-0.3, -0.25) is 4.79 Å². The van der Waals surface area contributed by atoms with Crippen LogP contribution in [0.1, 0.15) is 12.0 Å². The van der Waals surface area contributed by atoms with Crippen molar-refractivity contribution in [2.24, 2.45) is 5.73 Å². The molecule has 0 unspecified atom stereocenters. The van der Waals surface area contributed by atoms with Crippen molar-refractivity contribution >= 4 is 17.7 Å². The number of methoxy groups -OCH3 is 1. The number of rotatable bonds is 4. The van der Waals surface area contributed by atoms with Gasteiger partial charge in [-0.1, -0.05) is 12.2 Å². The third kappa shape index (κ3) is 2.98. The van der Waals surface area contributed by atoms with Crippen LogP contribution in [0, 0.1) is 5.82 Å². The van der Waals surface area contributed by atoms with Crippen molar-refractivity contribution in [3.05, 3.63) is 29.6 Å². The van der Waals surface area contributed by atoms with Crippen LogP contribution in [0.4, 0.5) is 10.1 Å². The Hall–Kier alpha value is -2.04. The summed E-state index contributed by atoms with van der Waals surface area (Å²) in [6, 6.07) is 2.63. The van der Waals surface area contributed by atoms with Gasteiger partial charge in [0.2, 0.25) is 5.91 Å². The van der Waals surface area contributed by atoms with Gasteiger partial charge in [0.15, 0.2) is 0 Å². The van der Waals surface area contributed by atoms with Crippen LogP contribution in [0.2, 0.25) is 0 Å². The highest BCUT2D eigenvalue weighted by Crippen LogP contribution is 2.25. The van der Waals surface area contributed by atoms with E-state index in [4.69, 9.17) is 16.2 Å². The standard InChI is InChI=1S/C11H13FN2O2/c1-16-10-5-7(3-2-4-11(14)15)8(12)6-9(10)13/h2-3,5-6H,4,13H2,1H3,(H2,14,15). The van der Waals surface area contributed by atoms with E-state index in [0.29, 0.717) is 11.3 Å². The SMILES string of the molecule is COc1cc(C=CCC(N)=O)c(F)cc1N. The maximum Gasteiger partial charge on any atom is 0.221 e. The number of anilines is 1. The summed E-state index contributed by atoms with van der Waals surface area (Å²) in [7, 11) is 1.44. The Morgan fingerprint density at radius 2 is 2.25 bits per heavy atom. The summed E-state index contributed by atoms with van der Waals surface area (Å²) in [6.45, 7) is 0. The second-order valence-corrected chi connectivity index (χ2v) is 3.19. The van der Waals surface area contributed by atoms with Crippen LogP contribution in [-0.4, -0.2) is 13.0 Å². The molecule has 1 aromatic carbocycles. The first-order chi connectivity index (χ1) is 7.54. The normalized spacial score (nSPS) is 10.6. The second kappa shape index (κ2) is 5.16. The fourth-order valence-corrected chi connectivity index (χ4v) is 1.19. The second-order valence-electron chi connectivity index (χ2n) is 3.19. The molecule has 1 rings (SSSR count). The van der Waals surface area contributed by atoms with Crippen LogP contribution >= 0.6 is 0 Å². The number of ether oxygens (including phenoxy) is 1. The quantitative estimate of drug-likeness (QED) is 0.757. The first-order valence-corrected chi connectivity index (χ1v) is 4.62. The number of primary amides is 1. The van der Waals surface area contributed by atoms with Gasteiger partial charge in [-0.05, 0) is 6.07 Å². The van der Waals surface area contributed by atoms with E-state index in [-0.39, 0.29) is 12.1 Å². The average Bonchev–Trinajstić information content (AvgIpc) is 2.20. The molecule has 0 saturated carbocycles. The van der Waals surface area contributed by atoms with Crippen LogP contribution in [0.25, 0.3) is 6.08 Å². The van der Waals surface area contributed by atoms with Crippen molar-refractivity contribution in [3.8, 4) is 5.75 Å². The van der Waals surface area contributed by atoms with Crippen LogP contribution in [-0.2, 0) is 4.79 Å². The predicted molar refractivity (Wildman–Crippen MR) is 60.2 cm³/mol. The van der Waals surface area contributed by atoms with E-state index in [1.54, 1.807) is 0 Å². The first kappa shape index (κ1) is 12.0. The number of benzene rings is 1. The van der Waals surface area contributed by atoms with Gasteiger partial charge in [0.05, 0.1) is 12.8 Å². The Balaban J connectivity index is 2.95. The number of nitrogens with two attached hydrogens (primary N) is 2. The fourth-order valence-electron chi connectivity index (χ4n) is 1.19. The summed E-state index contributed by atoms with van der Waals surface area (Å²) in [5, 5.41) is 0. The minimum atomic E-state index is -0.473. The smallest absolute Gasteiger partial charge is 0.221 e. The molecule has 0 heterocycles. The van der Waals surface area contributed by atoms with Gasteiger partial charge < -0.3 is 16.2 Å². The summed E-state index contributed by atoms with van der Waals surface area (Å²) in [4.78, 5) is 10.5. The topological polar surface area (TPSA) is 78.3 Å². The number of halogens is 1. The molecule has 0 atom stereocenters. The van der Waals surface area contributed by atoms with Crippen LogP contribution in [0.3, 0.4) is 0 Å². The number of nitrogen functional groups attached to an aromatic ring is 1. The molecular weight excluding hydrogens is 211 g/mol. The number of hydrogen-bond donors (Lipinski definition) is 2. The van der Waals surface area contributed by atoms with Crippen LogP contribution in [0.5, 0.6) is 5.75 Å². The lowest BCUT2D eigenvalue weighted by molar-refractivity contribution is -0.117. The van der Waals surface area contributed by atoms with E-state index in [1.807, 2.05) is 0 Å². The molecule has 0 aromatic heterocycles. The summed E-state index contributed by atoms with van der Waals surface area (Å²) >= 11 is 0. The van der Waals surface area contributed by atoms with E-state index in [9.17, 15) is 9.18 Å². The molecule has 16 heavy (non-hydrogen) atoms. The predicted octanol–water partition coefficient (Wildman–Crippen LogP) is 1.31. The lowest BCUT2D eigenvalue weighted by Crippen LogP contribution is -2.07. The Labute approximate surface area is 92.7 Å². The minimum Gasteiger partial charge on any atom is -0.495 e. The molecule has 0 fully saturated rings. The van der Waals surface area contributed by atoms with Gasteiger partial charge in [-0.2, -0.15) is 0 Å². The zero-order chi connectivity index (χ0) is 12.1. The molecule has 4 nitrogen and oxygen atoms in total. The summed E-state index contributed by atoms with van der Waals surface area (Å²) < 4.78 is 18.3. The molecular formula is C11H13FN2O2. The highest BCUT2D eigenvalue weighted by Gasteiger charge is 2.05. The van der Waals surface area contributed by atoms with Crippen molar-refractivity contribution < 1.29 is 13.9 Å². The molecule has 4 N–H and O–H groups in total. The van der Waals surface area contributed by atoms with E-state index >= 15 is 0 Å². The zero-order valence-corrected chi connectivity index (χ0v) is 8.87. The Morgan fingerprint density at radius 1 is 1.56 bits per heavy atom. The van der Waals surface area contributed by atoms with Gasteiger partial charge in [-0.25, -0.2) is 4.39 Å². The summed E-state index contributed by atoms with van der Waals surface area (Å²) in [6.07, 6.45) is 3.00. The van der Waals surface area contributed by atoms with Crippen LogP contribution in [0.15, 0.2) is 18.2 Å². The van der Waals surface area contributed by atoms with E-state index in [0.717, 1.165) is 0 Å². The molecule has 0 aliphatic heterocycles. The fraction of sp³-hybridized carbons (Fsp3) is 0.182. The maximum absolute atomic E-state index is 13.4. The molecule has 0 bridgehead atoms. The van der Waals surface area contributed by atoms with Gasteiger partial charge in [0.25, 0.3) is 0 Å². The number of carbonyl (C=O) groups excluding carboxylic acids is 1. The molecule has 1 amide bonds. The molecule has 0 radical (unpaired) electrons. The minimum absolute atomic E-state index is 0.0616. The van der Waals surface area contributed by atoms with Crippen molar-refractivity contribution in [2.45, 2.75) is 6.42 Å². The Kier molecular flexibility index (Phi) is 3.88. The Bertz CT molecular complexity index is 430. The molecule has 1 aromatic rings. The summed E-state index contributed by atoms with van der Waals surface area (Å²) in [5.74, 6) is -0.557. The lowest BCUT2D eigenvalue weighted by atomic mass is 10.1. The highest BCUT2D eigenvalue weighted by atomic mass is 19.1. The number of amides is 1. The van der Waals surface area contributed by atoms with Crippen LogP contribution < -0.4 is 16.2 Å². The molecule has 0 aliphatic carbocycles. The Morgan fingerprint density at radius 3 is 2.81 bits per heavy atom. The number of carbonyl (C=O) groups is 1. The average molecular weight is 224 g/mol. The van der Waals surface area contributed by atoms with Gasteiger partial charge in [0, 0.05) is 18.1 Å².